The maximum absolute atomic E-state index is 11.8. The maximum atomic E-state index is 11.8. The number of esters is 2. The van der Waals surface area contributed by atoms with Gasteiger partial charge in [0.15, 0.2) is 0 Å². The van der Waals surface area contributed by atoms with Gasteiger partial charge < -0.3 is 9.47 Å². The maximum Gasteiger partial charge on any atom is 0.341 e. The minimum absolute atomic E-state index is 0.352. The quantitative estimate of drug-likeness (QED) is 0.514. The fourth-order valence-electron chi connectivity index (χ4n) is 1.35. The first-order valence-corrected chi connectivity index (χ1v) is 4.67. The average molecular weight is 224 g/mol. The van der Waals surface area contributed by atoms with Crippen LogP contribution in [0.3, 0.4) is 0 Å². The summed E-state index contributed by atoms with van der Waals surface area (Å²) < 4.78 is 9.63. The number of carbonyl (C=O) groups is 3. The lowest BCUT2D eigenvalue weighted by atomic mass is 9.99. The molecule has 0 fully saturated rings. The van der Waals surface area contributed by atoms with E-state index in [1.54, 1.807) is 13.0 Å². The van der Waals surface area contributed by atoms with Gasteiger partial charge in [-0.1, -0.05) is 12.2 Å². The fraction of sp³-hybridized carbons (Fsp3) is 0.364. The monoisotopic (exact) mass is 224 g/mol. The summed E-state index contributed by atoms with van der Waals surface area (Å²) in [5.74, 6) is -3.89. The smallest absolute Gasteiger partial charge is 0.341 e. The van der Waals surface area contributed by atoms with Crippen LogP contribution in [0.4, 0.5) is 0 Å². The van der Waals surface area contributed by atoms with Gasteiger partial charge in [0.25, 0.3) is 0 Å². The van der Waals surface area contributed by atoms with E-state index in [4.69, 9.17) is 9.47 Å². The Hall–Kier alpha value is -1.91. The van der Waals surface area contributed by atoms with Crippen molar-refractivity contribution in [3.05, 3.63) is 23.8 Å². The van der Waals surface area contributed by atoms with Crippen LogP contribution in [0, 0.1) is 0 Å². The van der Waals surface area contributed by atoms with Gasteiger partial charge in [0, 0.05) is 25.5 Å². The zero-order chi connectivity index (χ0) is 12.3. The van der Waals surface area contributed by atoms with Gasteiger partial charge >= 0.3 is 17.7 Å². The summed E-state index contributed by atoms with van der Waals surface area (Å²) in [6, 6.07) is 0. The molecule has 0 N–H and O–H groups in total. The summed E-state index contributed by atoms with van der Waals surface area (Å²) in [5.41, 5.74) is 0.352. The Morgan fingerprint density at radius 1 is 1.19 bits per heavy atom. The molecule has 5 nitrogen and oxygen atoms in total. The number of ketones is 1. The van der Waals surface area contributed by atoms with Crippen LogP contribution in [0.1, 0.15) is 20.8 Å². The van der Waals surface area contributed by atoms with E-state index in [0.29, 0.717) is 5.57 Å². The fourth-order valence-corrected chi connectivity index (χ4v) is 1.35. The van der Waals surface area contributed by atoms with Gasteiger partial charge in [-0.3, -0.25) is 14.4 Å². The number of allylic oxidation sites excluding steroid dienone is 2. The molecule has 1 rings (SSSR count). The Labute approximate surface area is 92.7 Å². The van der Waals surface area contributed by atoms with Crippen LogP contribution in [0.2, 0.25) is 0 Å². The van der Waals surface area contributed by atoms with Gasteiger partial charge in [-0.05, 0) is 6.92 Å². The van der Waals surface area contributed by atoms with E-state index >= 15 is 0 Å². The zero-order valence-electron chi connectivity index (χ0n) is 9.27. The van der Waals surface area contributed by atoms with E-state index < -0.39 is 23.5 Å². The van der Waals surface area contributed by atoms with Crippen molar-refractivity contribution in [1.29, 1.82) is 0 Å². The van der Waals surface area contributed by atoms with E-state index in [1.165, 1.54) is 12.2 Å². The highest BCUT2D eigenvalue weighted by molar-refractivity contribution is 6.05. The molecule has 0 bridgehead atoms. The number of rotatable bonds is 2. The molecule has 0 unspecified atom stereocenters. The standard InChI is InChI=1S/C11H12O5/c1-7-5-4-6-11(10(7)14,15-8(2)12)16-9(3)13/h4-6H,1-3H3. The molecule has 0 aromatic heterocycles. The van der Waals surface area contributed by atoms with Crippen molar-refractivity contribution < 1.29 is 23.9 Å². The van der Waals surface area contributed by atoms with Crippen LogP contribution in [-0.4, -0.2) is 23.5 Å². The van der Waals surface area contributed by atoms with Crippen LogP contribution in [0.5, 0.6) is 0 Å². The summed E-state index contributed by atoms with van der Waals surface area (Å²) >= 11 is 0. The molecule has 0 heterocycles. The second kappa shape index (κ2) is 4.30. The highest BCUT2D eigenvalue weighted by Crippen LogP contribution is 2.25. The predicted molar refractivity (Wildman–Crippen MR) is 54.2 cm³/mol. The lowest BCUT2D eigenvalue weighted by molar-refractivity contribution is -0.208. The third kappa shape index (κ3) is 2.36. The molecule has 86 valence electrons. The molecule has 0 saturated carbocycles. The summed E-state index contributed by atoms with van der Waals surface area (Å²) in [6.45, 7) is 3.83. The molecule has 0 aliphatic heterocycles. The normalized spacial score (nSPS) is 17.7. The molecule has 16 heavy (non-hydrogen) atoms. The minimum atomic E-state index is -1.93. The third-order valence-corrected chi connectivity index (χ3v) is 1.93. The largest absolute Gasteiger partial charge is 0.411 e. The van der Waals surface area contributed by atoms with Crippen molar-refractivity contribution in [1.82, 2.24) is 0 Å². The van der Waals surface area contributed by atoms with Gasteiger partial charge in [-0.2, -0.15) is 0 Å². The topological polar surface area (TPSA) is 69.7 Å². The van der Waals surface area contributed by atoms with Gasteiger partial charge in [-0.15, -0.1) is 0 Å². The Kier molecular flexibility index (Phi) is 3.27. The number of hydrogen-bond donors (Lipinski definition) is 0. The summed E-state index contributed by atoms with van der Waals surface area (Å²) in [7, 11) is 0. The molecule has 1 aliphatic carbocycles. The van der Waals surface area contributed by atoms with E-state index in [1.807, 2.05) is 0 Å². The SMILES string of the molecule is CC(=O)OC1(OC(C)=O)C=CC=C(C)C1=O. The van der Waals surface area contributed by atoms with Crippen LogP contribution < -0.4 is 0 Å². The van der Waals surface area contributed by atoms with Crippen LogP contribution in [0.15, 0.2) is 23.8 Å². The Morgan fingerprint density at radius 3 is 2.12 bits per heavy atom. The average Bonchev–Trinajstić information content (AvgIpc) is 2.12. The van der Waals surface area contributed by atoms with Gasteiger partial charge in [-0.25, -0.2) is 0 Å². The van der Waals surface area contributed by atoms with E-state index in [2.05, 4.69) is 0 Å². The van der Waals surface area contributed by atoms with E-state index in [9.17, 15) is 14.4 Å². The summed E-state index contributed by atoms with van der Waals surface area (Å²) in [4.78, 5) is 33.7. The summed E-state index contributed by atoms with van der Waals surface area (Å²) in [5, 5.41) is 0. The molecule has 0 saturated heterocycles. The number of carbonyl (C=O) groups excluding carboxylic acids is 3. The lowest BCUT2D eigenvalue weighted by Gasteiger charge is -2.29. The molecule has 0 aromatic rings. The lowest BCUT2D eigenvalue weighted by Crippen LogP contribution is -2.46. The van der Waals surface area contributed by atoms with Crippen molar-refractivity contribution in [2.75, 3.05) is 0 Å². The van der Waals surface area contributed by atoms with Crippen molar-refractivity contribution in [2.24, 2.45) is 0 Å². The Morgan fingerprint density at radius 2 is 1.69 bits per heavy atom. The predicted octanol–water partition coefficient (Wildman–Crippen LogP) is 0.894. The Bertz CT molecular complexity index is 387. The van der Waals surface area contributed by atoms with Gasteiger partial charge in [0.2, 0.25) is 5.78 Å². The van der Waals surface area contributed by atoms with Crippen molar-refractivity contribution in [2.45, 2.75) is 26.6 Å². The first kappa shape index (κ1) is 12.2. The third-order valence-electron chi connectivity index (χ3n) is 1.93. The first-order valence-electron chi connectivity index (χ1n) is 4.67. The first-order chi connectivity index (χ1) is 7.37. The van der Waals surface area contributed by atoms with Crippen molar-refractivity contribution in [3.63, 3.8) is 0 Å². The second-order valence-corrected chi connectivity index (χ2v) is 3.39. The van der Waals surface area contributed by atoms with Gasteiger partial charge in [0.1, 0.15) is 0 Å². The van der Waals surface area contributed by atoms with E-state index in [-0.39, 0.29) is 0 Å². The van der Waals surface area contributed by atoms with Crippen molar-refractivity contribution in [3.8, 4) is 0 Å². The Balaban J connectivity index is 3.09. The molecule has 0 atom stereocenters. The zero-order valence-corrected chi connectivity index (χ0v) is 9.27. The van der Waals surface area contributed by atoms with Crippen LogP contribution in [-0.2, 0) is 23.9 Å². The second-order valence-electron chi connectivity index (χ2n) is 3.39. The van der Waals surface area contributed by atoms with Gasteiger partial charge in [0.05, 0.1) is 0 Å². The molecule has 0 aromatic carbocycles. The molecule has 0 amide bonds. The van der Waals surface area contributed by atoms with Crippen LogP contribution >= 0.6 is 0 Å². The molecular formula is C11H12O5. The molecule has 1 aliphatic rings. The van der Waals surface area contributed by atoms with Crippen LogP contribution in [0.25, 0.3) is 0 Å². The number of hydrogen-bond acceptors (Lipinski definition) is 5. The highest BCUT2D eigenvalue weighted by atomic mass is 16.7. The minimum Gasteiger partial charge on any atom is -0.411 e. The number of ether oxygens (including phenoxy) is 2. The van der Waals surface area contributed by atoms with Crippen molar-refractivity contribution >= 4 is 17.7 Å². The molecule has 0 radical (unpaired) electrons. The highest BCUT2D eigenvalue weighted by Gasteiger charge is 2.44. The van der Waals surface area contributed by atoms with E-state index in [0.717, 1.165) is 13.8 Å². The summed E-state index contributed by atoms with van der Waals surface area (Å²) in [6.07, 6.45) is 4.29. The molecule has 5 heteroatoms. The molecular weight excluding hydrogens is 212 g/mol. The molecule has 0 spiro atoms. The number of Topliss-reactive ketones (excluding diaryl/α,β-unsaturated/α-hetero) is 1.